The molecule has 1 N–H and O–H groups in total. The summed E-state index contributed by atoms with van der Waals surface area (Å²) in [6.07, 6.45) is 0. The molecule has 0 aliphatic heterocycles. The van der Waals surface area contributed by atoms with Crippen molar-refractivity contribution in [2.45, 2.75) is 0 Å². The molecule has 146 valence electrons. The normalized spacial score (nSPS) is 10.7. The number of rotatable bonds is 5. The first-order valence-electron chi connectivity index (χ1n) is 8.74. The summed E-state index contributed by atoms with van der Waals surface area (Å²) in [5, 5.41) is 12.1. The molecule has 1 heterocycles. The number of methoxy groups -OCH3 is 2. The van der Waals surface area contributed by atoms with Crippen LogP contribution in [0.15, 0.2) is 60.7 Å². The molecule has 0 atom stereocenters. The molecule has 3 aromatic carbocycles. The number of carbonyl (C=O) groups is 1. The van der Waals surface area contributed by atoms with Crippen molar-refractivity contribution in [3.63, 3.8) is 0 Å². The zero-order chi connectivity index (χ0) is 20.4. The lowest BCUT2D eigenvalue weighted by atomic mass is 10.1. The lowest BCUT2D eigenvalue weighted by Gasteiger charge is -2.10. The van der Waals surface area contributed by atoms with Crippen LogP contribution in [0.3, 0.4) is 0 Å². The van der Waals surface area contributed by atoms with Crippen LogP contribution in [0.25, 0.3) is 16.7 Å². The van der Waals surface area contributed by atoms with E-state index in [1.807, 2.05) is 30.3 Å². The van der Waals surface area contributed by atoms with Crippen molar-refractivity contribution in [3.8, 4) is 17.2 Å². The summed E-state index contributed by atoms with van der Waals surface area (Å²) in [6.45, 7) is 0. The lowest BCUT2D eigenvalue weighted by Crippen LogP contribution is -2.12. The third-order valence-corrected chi connectivity index (χ3v) is 4.63. The molecule has 0 spiro atoms. The molecule has 0 saturated carbocycles. The summed E-state index contributed by atoms with van der Waals surface area (Å²) >= 11 is 6.37. The number of benzene rings is 3. The number of amides is 1. The molecule has 4 rings (SSSR count). The Morgan fingerprint density at radius 3 is 2.17 bits per heavy atom. The molecule has 4 aromatic rings. The highest BCUT2D eigenvalue weighted by Gasteiger charge is 2.14. The second-order valence-corrected chi connectivity index (χ2v) is 6.61. The van der Waals surface area contributed by atoms with Gasteiger partial charge < -0.3 is 14.8 Å². The van der Waals surface area contributed by atoms with Crippen molar-refractivity contribution < 1.29 is 14.3 Å². The predicted octanol–water partition coefficient (Wildman–Crippen LogP) is 4.34. The third-order valence-electron chi connectivity index (χ3n) is 4.32. The molecule has 0 unspecified atom stereocenters. The van der Waals surface area contributed by atoms with Gasteiger partial charge in [0.15, 0.2) is 0 Å². The average Bonchev–Trinajstić information content (AvgIpc) is 3.16. The first kappa shape index (κ1) is 18.8. The summed E-state index contributed by atoms with van der Waals surface area (Å²) in [6, 6.07) is 17.8. The Morgan fingerprint density at radius 1 is 0.931 bits per heavy atom. The molecule has 29 heavy (non-hydrogen) atoms. The van der Waals surface area contributed by atoms with E-state index in [1.165, 1.54) is 19.0 Å². The van der Waals surface area contributed by atoms with Gasteiger partial charge in [0, 0.05) is 11.6 Å². The number of carbonyl (C=O) groups excluding carboxylic acids is 1. The maximum Gasteiger partial charge on any atom is 0.255 e. The van der Waals surface area contributed by atoms with Crippen molar-refractivity contribution in [2.24, 2.45) is 0 Å². The van der Waals surface area contributed by atoms with Crippen LogP contribution in [0, 0.1) is 0 Å². The second-order valence-electron chi connectivity index (χ2n) is 6.20. The SMILES string of the molecule is COc1cc(OC)cc(C(=O)Nc2cc3nn(-c4ccccc4)nc3cc2Cl)c1. The summed E-state index contributed by atoms with van der Waals surface area (Å²) in [4.78, 5) is 14.3. The van der Waals surface area contributed by atoms with Gasteiger partial charge in [-0.2, -0.15) is 4.80 Å². The van der Waals surface area contributed by atoms with E-state index >= 15 is 0 Å². The second kappa shape index (κ2) is 7.81. The third kappa shape index (κ3) is 3.86. The maximum atomic E-state index is 12.7. The number of hydrogen-bond acceptors (Lipinski definition) is 5. The van der Waals surface area contributed by atoms with Crippen LogP contribution >= 0.6 is 11.6 Å². The van der Waals surface area contributed by atoms with Crippen molar-refractivity contribution in [3.05, 3.63) is 71.2 Å². The molecule has 1 amide bonds. The smallest absolute Gasteiger partial charge is 0.255 e. The van der Waals surface area contributed by atoms with Gasteiger partial charge in [-0.25, -0.2) is 0 Å². The topological polar surface area (TPSA) is 78.3 Å². The van der Waals surface area contributed by atoms with Crippen LogP contribution in [-0.4, -0.2) is 35.1 Å². The van der Waals surface area contributed by atoms with E-state index in [1.54, 1.807) is 30.3 Å². The van der Waals surface area contributed by atoms with Crippen LogP contribution in [0.5, 0.6) is 11.5 Å². The highest BCUT2D eigenvalue weighted by Crippen LogP contribution is 2.28. The Bertz CT molecular complexity index is 1170. The molecule has 0 aliphatic rings. The van der Waals surface area contributed by atoms with Gasteiger partial charge in [0.25, 0.3) is 5.91 Å². The largest absolute Gasteiger partial charge is 0.497 e. The predicted molar refractivity (Wildman–Crippen MR) is 111 cm³/mol. The summed E-state index contributed by atoms with van der Waals surface area (Å²) in [7, 11) is 3.05. The number of halogens is 1. The monoisotopic (exact) mass is 408 g/mol. The Kier molecular flexibility index (Phi) is 5.05. The average molecular weight is 409 g/mol. The van der Waals surface area contributed by atoms with E-state index in [0.29, 0.717) is 38.8 Å². The van der Waals surface area contributed by atoms with Gasteiger partial charge in [0.1, 0.15) is 22.5 Å². The minimum absolute atomic E-state index is 0.348. The molecule has 0 saturated heterocycles. The minimum Gasteiger partial charge on any atom is -0.497 e. The standard InChI is InChI=1S/C21H17ClN4O3/c1-28-15-8-13(9-16(10-15)29-2)21(27)23-18-12-20-19(11-17(18)22)24-26(25-20)14-6-4-3-5-7-14/h3-12H,1-2H3,(H,23,27). The van der Waals surface area contributed by atoms with Crippen LogP contribution in [0.4, 0.5) is 5.69 Å². The first-order chi connectivity index (χ1) is 14.1. The molecule has 0 bridgehead atoms. The molecule has 0 fully saturated rings. The highest BCUT2D eigenvalue weighted by molar-refractivity contribution is 6.34. The number of aromatic nitrogens is 3. The van der Waals surface area contributed by atoms with Gasteiger partial charge in [0.2, 0.25) is 0 Å². The molecule has 1 aromatic heterocycles. The van der Waals surface area contributed by atoms with Gasteiger partial charge in [-0.05, 0) is 36.4 Å². The van der Waals surface area contributed by atoms with Crippen molar-refractivity contribution >= 4 is 34.2 Å². The number of hydrogen-bond donors (Lipinski definition) is 1. The fourth-order valence-electron chi connectivity index (χ4n) is 2.84. The van der Waals surface area contributed by atoms with Gasteiger partial charge >= 0.3 is 0 Å². The fraction of sp³-hybridized carbons (Fsp3) is 0.0952. The first-order valence-corrected chi connectivity index (χ1v) is 9.11. The number of ether oxygens (including phenoxy) is 2. The summed E-state index contributed by atoms with van der Waals surface area (Å²) in [5.41, 5.74) is 2.88. The molecule has 7 nitrogen and oxygen atoms in total. The van der Waals surface area contributed by atoms with Crippen molar-refractivity contribution in [1.82, 2.24) is 15.0 Å². The van der Waals surface area contributed by atoms with E-state index in [-0.39, 0.29) is 5.91 Å². The molecule has 8 heteroatoms. The van der Waals surface area contributed by atoms with Gasteiger partial charge in [-0.15, -0.1) is 10.2 Å². The minimum atomic E-state index is -0.348. The van der Waals surface area contributed by atoms with E-state index in [0.717, 1.165) is 5.69 Å². The van der Waals surface area contributed by atoms with Gasteiger partial charge in [-0.1, -0.05) is 29.8 Å². The number of anilines is 1. The molecule has 0 aliphatic carbocycles. The number of fused-ring (bicyclic) bond motifs is 1. The number of nitrogens with zero attached hydrogens (tertiary/aromatic N) is 3. The zero-order valence-corrected chi connectivity index (χ0v) is 16.5. The summed E-state index contributed by atoms with van der Waals surface area (Å²) in [5.74, 6) is 0.683. The van der Waals surface area contributed by atoms with Crippen molar-refractivity contribution in [1.29, 1.82) is 0 Å². The number of para-hydroxylation sites is 1. The van der Waals surface area contributed by atoms with Crippen LogP contribution < -0.4 is 14.8 Å². The quantitative estimate of drug-likeness (QED) is 0.531. The molecular formula is C21H17ClN4O3. The van der Waals surface area contributed by atoms with E-state index in [4.69, 9.17) is 21.1 Å². The van der Waals surface area contributed by atoms with Gasteiger partial charge in [-0.3, -0.25) is 4.79 Å². The number of nitrogens with one attached hydrogen (secondary N) is 1. The van der Waals surface area contributed by atoms with E-state index < -0.39 is 0 Å². The van der Waals surface area contributed by atoms with Gasteiger partial charge in [0.05, 0.1) is 30.6 Å². The Morgan fingerprint density at radius 2 is 1.55 bits per heavy atom. The Labute approximate surface area is 171 Å². The van der Waals surface area contributed by atoms with E-state index in [9.17, 15) is 4.79 Å². The summed E-state index contributed by atoms with van der Waals surface area (Å²) < 4.78 is 10.4. The lowest BCUT2D eigenvalue weighted by molar-refractivity contribution is 0.102. The highest BCUT2D eigenvalue weighted by atomic mass is 35.5. The van der Waals surface area contributed by atoms with E-state index in [2.05, 4.69) is 15.5 Å². The molecule has 0 radical (unpaired) electrons. The Hall–Kier alpha value is -3.58. The maximum absolute atomic E-state index is 12.7. The fourth-order valence-corrected chi connectivity index (χ4v) is 3.05. The van der Waals surface area contributed by atoms with Crippen LogP contribution in [-0.2, 0) is 0 Å². The molecular weight excluding hydrogens is 392 g/mol. The zero-order valence-electron chi connectivity index (χ0n) is 15.7. The van der Waals surface area contributed by atoms with Crippen LogP contribution in [0.1, 0.15) is 10.4 Å². The Balaban J connectivity index is 1.66. The van der Waals surface area contributed by atoms with Crippen molar-refractivity contribution in [2.75, 3.05) is 19.5 Å². The van der Waals surface area contributed by atoms with Crippen LogP contribution in [0.2, 0.25) is 5.02 Å².